The minimum atomic E-state index is -0.396. The highest BCUT2D eigenvalue weighted by atomic mass is 16.6. The second-order valence-electron chi connectivity index (χ2n) is 4.83. The maximum atomic E-state index is 11.4. The fourth-order valence-electron chi connectivity index (χ4n) is 1.10. The molecule has 1 unspecified atom stereocenters. The minimum absolute atomic E-state index is 0.242. The van der Waals surface area contributed by atoms with Crippen molar-refractivity contribution in [3.8, 4) is 0 Å². The third-order valence-corrected chi connectivity index (χ3v) is 2.09. The number of ether oxygens (including phenoxy) is 2. The van der Waals surface area contributed by atoms with Crippen LogP contribution in [0.25, 0.3) is 0 Å². The molecule has 0 aromatic heterocycles. The number of carbonyl (C=O) groups excluding carboxylic acids is 1. The summed E-state index contributed by atoms with van der Waals surface area (Å²) < 4.78 is 10.4. The van der Waals surface area contributed by atoms with Crippen LogP contribution >= 0.6 is 0 Å². The molecule has 0 saturated carbocycles. The largest absolute Gasteiger partial charge is 0.464 e. The molecule has 0 amide bonds. The average Bonchev–Trinajstić information content (AvgIpc) is 2.11. The van der Waals surface area contributed by atoms with Crippen LogP contribution in [-0.2, 0) is 14.3 Å². The lowest BCUT2D eigenvalue weighted by atomic mass is 9.93. The molecule has 1 atom stereocenters. The van der Waals surface area contributed by atoms with Crippen LogP contribution in [0.4, 0.5) is 0 Å². The van der Waals surface area contributed by atoms with Gasteiger partial charge in [-0.3, -0.25) is 0 Å². The standard InChI is InChI=1S/C12H24O3/c1-6-10(11(13)14-7-2)15-9-8-12(3,4)5/h10H,6-9H2,1-5H3. The number of carbonyl (C=O) groups is 1. The van der Waals surface area contributed by atoms with Crippen molar-refractivity contribution in [1.82, 2.24) is 0 Å². The van der Waals surface area contributed by atoms with Crippen molar-refractivity contribution < 1.29 is 14.3 Å². The summed E-state index contributed by atoms with van der Waals surface area (Å²) in [5.41, 5.74) is 0.243. The van der Waals surface area contributed by atoms with E-state index in [4.69, 9.17) is 9.47 Å². The van der Waals surface area contributed by atoms with Gasteiger partial charge in [-0.2, -0.15) is 0 Å². The van der Waals surface area contributed by atoms with Gasteiger partial charge in [0.1, 0.15) is 0 Å². The predicted octanol–water partition coefficient (Wildman–Crippen LogP) is 2.78. The Kier molecular flexibility index (Phi) is 6.57. The summed E-state index contributed by atoms with van der Waals surface area (Å²) in [6, 6.07) is 0. The lowest BCUT2D eigenvalue weighted by molar-refractivity contribution is -0.157. The third kappa shape index (κ3) is 7.37. The first-order valence-corrected chi connectivity index (χ1v) is 5.69. The third-order valence-electron chi connectivity index (χ3n) is 2.09. The van der Waals surface area contributed by atoms with Gasteiger partial charge in [-0.05, 0) is 25.2 Å². The van der Waals surface area contributed by atoms with Gasteiger partial charge in [0.05, 0.1) is 6.61 Å². The summed E-state index contributed by atoms with van der Waals surface area (Å²) in [6.07, 6.45) is 1.22. The topological polar surface area (TPSA) is 35.5 Å². The van der Waals surface area contributed by atoms with E-state index in [-0.39, 0.29) is 11.4 Å². The second kappa shape index (κ2) is 6.83. The van der Waals surface area contributed by atoms with Crippen LogP contribution in [0.15, 0.2) is 0 Å². The molecule has 0 N–H and O–H groups in total. The lowest BCUT2D eigenvalue weighted by Gasteiger charge is -2.20. The summed E-state index contributed by atoms with van der Waals surface area (Å²) in [5.74, 6) is -0.242. The molecule has 0 heterocycles. The highest BCUT2D eigenvalue weighted by Crippen LogP contribution is 2.18. The van der Waals surface area contributed by atoms with E-state index in [1.165, 1.54) is 0 Å². The average molecular weight is 216 g/mol. The zero-order chi connectivity index (χ0) is 11.9. The Balaban J connectivity index is 3.85. The first kappa shape index (κ1) is 14.4. The molecule has 0 aromatic rings. The van der Waals surface area contributed by atoms with E-state index in [0.29, 0.717) is 19.6 Å². The highest BCUT2D eigenvalue weighted by molar-refractivity contribution is 5.74. The summed E-state index contributed by atoms with van der Waals surface area (Å²) >= 11 is 0. The van der Waals surface area contributed by atoms with Crippen LogP contribution in [0.2, 0.25) is 0 Å². The van der Waals surface area contributed by atoms with Crippen molar-refractivity contribution in [2.24, 2.45) is 5.41 Å². The second-order valence-corrected chi connectivity index (χ2v) is 4.83. The SMILES string of the molecule is CCOC(=O)C(CC)OCCC(C)(C)C. The number of hydrogen-bond acceptors (Lipinski definition) is 3. The van der Waals surface area contributed by atoms with E-state index >= 15 is 0 Å². The summed E-state index contributed by atoms with van der Waals surface area (Å²) in [5, 5.41) is 0. The van der Waals surface area contributed by atoms with Crippen LogP contribution in [0, 0.1) is 5.41 Å². The van der Waals surface area contributed by atoms with Crippen LogP contribution in [0.5, 0.6) is 0 Å². The molecule has 0 radical (unpaired) electrons. The Hall–Kier alpha value is -0.570. The van der Waals surface area contributed by atoms with Gasteiger partial charge in [-0.15, -0.1) is 0 Å². The Morgan fingerprint density at radius 2 is 1.87 bits per heavy atom. The molecule has 0 bridgehead atoms. The predicted molar refractivity (Wildman–Crippen MR) is 60.7 cm³/mol. The van der Waals surface area contributed by atoms with E-state index in [2.05, 4.69) is 20.8 Å². The summed E-state index contributed by atoms with van der Waals surface area (Å²) in [7, 11) is 0. The van der Waals surface area contributed by atoms with Crippen molar-refractivity contribution in [2.45, 2.75) is 53.6 Å². The molecule has 0 aromatic carbocycles. The Bertz CT molecular complexity index is 182. The zero-order valence-corrected chi connectivity index (χ0v) is 10.6. The van der Waals surface area contributed by atoms with Crippen molar-refractivity contribution in [2.75, 3.05) is 13.2 Å². The van der Waals surface area contributed by atoms with Crippen molar-refractivity contribution in [3.63, 3.8) is 0 Å². The van der Waals surface area contributed by atoms with Crippen LogP contribution < -0.4 is 0 Å². The molecule has 0 spiro atoms. The molecule has 0 aliphatic carbocycles. The monoisotopic (exact) mass is 216 g/mol. The highest BCUT2D eigenvalue weighted by Gasteiger charge is 2.19. The first-order chi connectivity index (χ1) is 6.90. The van der Waals surface area contributed by atoms with Gasteiger partial charge < -0.3 is 9.47 Å². The van der Waals surface area contributed by atoms with Crippen molar-refractivity contribution >= 4 is 5.97 Å². The van der Waals surface area contributed by atoms with Crippen molar-refractivity contribution in [3.05, 3.63) is 0 Å². The van der Waals surface area contributed by atoms with Gasteiger partial charge in [0.15, 0.2) is 6.10 Å². The molecule has 0 fully saturated rings. The van der Waals surface area contributed by atoms with E-state index < -0.39 is 6.10 Å². The van der Waals surface area contributed by atoms with E-state index in [9.17, 15) is 4.79 Å². The molecular formula is C12H24O3. The number of hydrogen-bond donors (Lipinski definition) is 0. The molecular weight excluding hydrogens is 192 g/mol. The van der Waals surface area contributed by atoms with Crippen LogP contribution in [0.1, 0.15) is 47.5 Å². The van der Waals surface area contributed by atoms with Gasteiger partial charge in [0.25, 0.3) is 0 Å². The quantitative estimate of drug-likeness (QED) is 0.640. The molecule has 3 nitrogen and oxygen atoms in total. The maximum absolute atomic E-state index is 11.4. The first-order valence-electron chi connectivity index (χ1n) is 5.69. The van der Waals surface area contributed by atoms with Crippen molar-refractivity contribution in [1.29, 1.82) is 0 Å². The smallest absolute Gasteiger partial charge is 0.335 e. The lowest BCUT2D eigenvalue weighted by Crippen LogP contribution is -2.27. The number of esters is 1. The maximum Gasteiger partial charge on any atom is 0.335 e. The van der Waals surface area contributed by atoms with E-state index in [1.807, 2.05) is 6.92 Å². The molecule has 0 aliphatic heterocycles. The van der Waals surface area contributed by atoms with Gasteiger partial charge >= 0.3 is 5.97 Å². The van der Waals surface area contributed by atoms with Crippen LogP contribution in [-0.4, -0.2) is 25.3 Å². The molecule has 0 aliphatic rings. The summed E-state index contributed by atoms with van der Waals surface area (Å²) in [6.45, 7) is 11.2. The van der Waals surface area contributed by atoms with Gasteiger partial charge in [-0.25, -0.2) is 4.79 Å². The van der Waals surface area contributed by atoms with E-state index in [0.717, 1.165) is 6.42 Å². The number of rotatable bonds is 6. The summed E-state index contributed by atoms with van der Waals surface area (Å²) in [4.78, 5) is 11.4. The Morgan fingerprint density at radius 1 is 1.27 bits per heavy atom. The normalized spacial score (nSPS) is 13.7. The Labute approximate surface area is 93.1 Å². The van der Waals surface area contributed by atoms with Gasteiger partial charge in [0.2, 0.25) is 0 Å². The zero-order valence-electron chi connectivity index (χ0n) is 10.6. The van der Waals surface area contributed by atoms with Crippen LogP contribution in [0.3, 0.4) is 0 Å². The Morgan fingerprint density at radius 3 is 2.27 bits per heavy atom. The minimum Gasteiger partial charge on any atom is -0.464 e. The van der Waals surface area contributed by atoms with E-state index in [1.54, 1.807) is 6.92 Å². The van der Waals surface area contributed by atoms with Gasteiger partial charge in [-0.1, -0.05) is 27.7 Å². The molecule has 0 rings (SSSR count). The molecule has 90 valence electrons. The fraction of sp³-hybridized carbons (Fsp3) is 0.917. The molecule has 3 heteroatoms. The fourth-order valence-corrected chi connectivity index (χ4v) is 1.10. The van der Waals surface area contributed by atoms with Gasteiger partial charge in [0, 0.05) is 6.61 Å². The molecule has 0 saturated heterocycles. The molecule has 15 heavy (non-hydrogen) atoms.